The predicted molar refractivity (Wildman–Crippen MR) is 114 cm³/mol. The molecule has 2 aromatic carbocycles. The van der Waals surface area contributed by atoms with Gasteiger partial charge >= 0.3 is 0 Å². The van der Waals surface area contributed by atoms with Crippen LogP contribution in [-0.4, -0.2) is 71.2 Å². The molecule has 0 spiro atoms. The Kier molecular flexibility index (Phi) is 5.42. The zero-order valence-corrected chi connectivity index (χ0v) is 17.5. The average Bonchev–Trinajstić information content (AvgIpc) is 3.25. The Labute approximate surface area is 183 Å². The van der Waals surface area contributed by atoms with Crippen molar-refractivity contribution in [1.82, 2.24) is 14.8 Å². The molecule has 0 bridgehead atoms. The highest BCUT2D eigenvalue weighted by atomic mass is 32.2. The third-order valence-electron chi connectivity index (χ3n) is 5.32. The van der Waals surface area contributed by atoms with Crippen LogP contribution in [0.1, 0.15) is 0 Å². The van der Waals surface area contributed by atoms with Crippen LogP contribution in [0.4, 0.5) is 0 Å². The number of benzene rings is 2. The van der Waals surface area contributed by atoms with Crippen molar-refractivity contribution in [3.05, 3.63) is 48.5 Å². The number of oxazole rings is 1. The van der Waals surface area contributed by atoms with E-state index >= 15 is 0 Å². The van der Waals surface area contributed by atoms with Crippen molar-refractivity contribution in [2.24, 2.45) is 0 Å². The van der Waals surface area contributed by atoms with E-state index in [2.05, 4.69) is 4.98 Å². The van der Waals surface area contributed by atoms with Crippen LogP contribution < -0.4 is 9.47 Å². The molecule has 1 saturated heterocycles. The smallest absolute Gasteiger partial charge is 0.267 e. The number of carbonyl (C=O) groups is 2. The molecule has 0 radical (unpaired) electrons. The van der Waals surface area contributed by atoms with E-state index in [0.717, 1.165) is 5.52 Å². The minimum absolute atomic E-state index is 0.00512. The number of aromatic nitrogens is 1. The summed E-state index contributed by atoms with van der Waals surface area (Å²) in [7, 11) is 0. The van der Waals surface area contributed by atoms with E-state index in [1.54, 1.807) is 15.9 Å². The van der Waals surface area contributed by atoms with Crippen molar-refractivity contribution in [1.29, 1.82) is 0 Å². The first kappa shape index (κ1) is 19.7. The molecule has 31 heavy (non-hydrogen) atoms. The Hall–Kier alpha value is -3.20. The Bertz CT molecular complexity index is 1080. The van der Waals surface area contributed by atoms with Crippen molar-refractivity contribution in [2.75, 3.05) is 38.5 Å². The summed E-state index contributed by atoms with van der Waals surface area (Å²) in [5.41, 5.74) is 1.49. The van der Waals surface area contributed by atoms with Crippen molar-refractivity contribution in [2.45, 2.75) is 11.3 Å². The SMILES string of the molecule is O=C(CSc1nc2ccccc2o1)N1CCN(C(=O)C2COc3ccccc3O2)CC1. The minimum Gasteiger partial charge on any atom is -0.485 e. The number of fused-ring (bicyclic) bond motifs is 2. The van der Waals surface area contributed by atoms with E-state index in [9.17, 15) is 9.59 Å². The van der Waals surface area contributed by atoms with Gasteiger partial charge in [-0.15, -0.1) is 0 Å². The third-order valence-corrected chi connectivity index (χ3v) is 6.13. The van der Waals surface area contributed by atoms with Crippen molar-refractivity contribution in [3.63, 3.8) is 0 Å². The molecule has 1 fully saturated rings. The molecule has 5 rings (SSSR count). The lowest BCUT2D eigenvalue weighted by Crippen LogP contribution is -2.55. The van der Waals surface area contributed by atoms with Gasteiger partial charge in [0.1, 0.15) is 12.1 Å². The number of rotatable bonds is 4. The predicted octanol–water partition coefficient (Wildman–Crippen LogP) is 2.43. The highest BCUT2D eigenvalue weighted by Crippen LogP contribution is 2.31. The van der Waals surface area contributed by atoms with Gasteiger partial charge in [-0.1, -0.05) is 36.0 Å². The summed E-state index contributed by atoms with van der Waals surface area (Å²) in [5.74, 6) is 1.38. The monoisotopic (exact) mass is 439 g/mol. The van der Waals surface area contributed by atoms with Gasteiger partial charge in [0.15, 0.2) is 17.1 Å². The maximum Gasteiger partial charge on any atom is 0.267 e. The number of thioether (sulfide) groups is 1. The lowest BCUT2D eigenvalue weighted by molar-refractivity contribution is -0.145. The lowest BCUT2D eigenvalue weighted by Gasteiger charge is -2.37. The first-order valence-electron chi connectivity index (χ1n) is 10.1. The molecule has 1 aromatic heterocycles. The number of ether oxygens (including phenoxy) is 2. The maximum atomic E-state index is 12.8. The molecule has 8 nitrogen and oxygen atoms in total. The standard InChI is InChI=1S/C22H21N3O5S/c26-20(14-31-22-23-15-5-1-2-6-16(15)30-22)24-9-11-25(12-10-24)21(27)19-13-28-17-7-3-4-8-18(17)29-19/h1-8,19H,9-14H2. The van der Waals surface area contributed by atoms with Gasteiger partial charge in [0, 0.05) is 26.2 Å². The summed E-state index contributed by atoms with van der Waals surface area (Å²) in [6.07, 6.45) is -0.660. The number of hydrogen-bond donors (Lipinski definition) is 0. The number of nitrogens with zero attached hydrogens (tertiary/aromatic N) is 3. The van der Waals surface area contributed by atoms with Crippen molar-refractivity contribution >= 4 is 34.7 Å². The minimum atomic E-state index is -0.660. The van der Waals surface area contributed by atoms with Gasteiger partial charge in [-0.3, -0.25) is 9.59 Å². The van der Waals surface area contributed by atoms with E-state index < -0.39 is 6.10 Å². The van der Waals surface area contributed by atoms with E-state index in [1.165, 1.54) is 11.8 Å². The quantitative estimate of drug-likeness (QED) is 0.577. The zero-order valence-electron chi connectivity index (χ0n) is 16.7. The molecule has 0 N–H and O–H groups in total. The first-order chi connectivity index (χ1) is 15.2. The highest BCUT2D eigenvalue weighted by Gasteiger charge is 2.33. The molecular formula is C22H21N3O5S. The van der Waals surface area contributed by atoms with Crippen LogP contribution in [-0.2, 0) is 9.59 Å². The molecule has 9 heteroatoms. The lowest BCUT2D eigenvalue weighted by atomic mass is 10.2. The normalized spacial score (nSPS) is 18.3. The van der Waals surface area contributed by atoms with Crippen LogP contribution in [0.25, 0.3) is 11.1 Å². The van der Waals surface area contributed by atoms with E-state index in [-0.39, 0.29) is 24.2 Å². The Morgan fingerprint density at radius 2 is 1.68 bits per heavy atom. The second-order valence-corrected chi connectivity index (χ2v) is 8.23. The molecule has 1 unspecified atom stereocenters. The molecule has 2 amide bonds. The van der Waals surface area contributed by atoms with Gasteiger partial charge in [0.2, 0.25) is 12.0 Å². The van der Waals surface area contributed by atoms with Crippen LogP contribution in [0.15, 0.2) is 58.2 Å². The second-order valence-electron chi connectivity index (χ2n) is 7.31. The summed E-state index contributed by atoms with van der Waals surface area (Å²) >= 11 is 1.29. The molecule has 0 saturated carbocycles. The summed E-state index contributed by atoms with van der Waals surface area (Å²) in [6, 6.07) is 14.8. The fourth-order valence-electron chi connectivity index (χ4n) is 3.65. The Morgan fingerprint density at radius 1 is 0.968 bits per heavy atom. The summed E-state index contributed by atoms with van der Waals surface area (Å²) < 4.78 is 17.1. The molecule has 3 aromatic rings. The average molecular weight is 439 g/mol. The fourth-order valence-corrected chi connectivity index (χ4v) is 4.39. The Morgan fingerprint density at radius 3 is 2.48 bits per heavy atom. The molecule has 2 aliphatic heterocycles. The van der Waals surface area contributed by atoms with Gasteiger partial charge in [0.05, 0.1) is 5.75 Å². The largest absolute Gasteiger partial charge is 0.485 e. The number of carbonyl (C=O) groups excluding carboxylic acids is 2. The second kappa shape index (κ2) is 8.50. The third kappa shape index (κ3) is 4.18. The van der Waals surface area contributed by atoms with Gasteiger partial charge in [-0.25, -0.2) is 4.98 Å². The van der Waals surface area contributed by atoms with Gasteiger partial charge in [-0.2, -0.15) is 0 Å². The van der Waals surface area contributed by atoms with Crippen LogP contribution in [0, 0.1) is 0 Å². The maximum absolute atomic E-state index is 12.8. The molecule has 1 atom stereocenters. The molecular weight excluding hydrogens is 418 g/mol. The van der Waals surface area contributed by atoms with Crippen LogP contribution in [0.3, 0.4) is 0 Å². The topological polar surface area (TPSA) is 85.1 Å². The van der Waals surface area contributed by atoms with Gasteiger partial charge < -0.3 is 23.7 Å². The van der Waals surface area contributed by atoms with E-state index in [4.69, 9.17) is 13.9 Å². The molecule has 160 valence electrons. The van der Waals surface area contributed by atoms with Crippen LogP contribution in [0.2, 0.25) is 0 Å². The Balaban J connectivity index is 1.11. The highest BCUT2D eigenvalue weighted by molar-refractivity contribution is 7.99. The summed E-state index contributed by atoms with van der Waals surface area (Å²) in [4.78, 5) is 33.3. The fraction of sp³-hybridized carbons (Fsp3) is 0.318. The molecule has 3 heterocycles. The zero-order chi connectivity index (χ0) is 21.2. The number of hydrogen-bond acceptors (Lipinski definition) is 7. The molecule has 2 aliphatic rings. The van der Waals surface area contributed by atoms with E-state index in [0.29, 0.717) is 48.5 Å². The van der Waals surface area contributed by atoms with Crippen LogP contribution >= 0.6 is 11.8 Å². The molecule has 0 aliphatic carbocycles. The summed E-state index contributed by atoms with van der Waals surface area (Å²) in [5, 5.41) is 0.484. The van der Waals surface area contributed by atoms with Gasteiger partial charge in [0.25, 0.3) is 11.1 Å². The van der Waals surface area contributed by atoms with Crippen molar-refractivity contribution < 1.29 is 23.5 Å². The number of para-hydroxylation sites is 4. The summed E-state index contributed by atoms with van der Waals surface area (Å²) in [6.45, 7) is 2.11. The van der Waals surface area contributed by atoms with Crippen LogP contribution in [0.5, 0.6) is 11.5 Å². The van der Waals surface area contributed by atoms with Gasteiger partial charge in [-0.05, 0) is 24.3 Å². The number of piperazine rings is 1. The first-order valence-corrected chi connectivity index (χ1v) is 11.1. The number of amides is 2. The van der Waals surface area contributed by atoms with Crippen molar-refractivity contribution in [3.8, 4) is 11.5 Å². The van der Waals surface area contributed by atoms with E-state index in [1.807, 2.05) is 42.5 Å².